The molecule has 0 spiro atoms. The van der Waals surface area contributed by atoms with Crippen LogP contribution in [0.5, 0.6) is 0 Å². The highest BCUT2D eigenvalue weighted by molar-refractivity contribution is 4.92. The Kier molecular flexibility index (Phi) is 3.16. The van der Waals surface area contributed by atoms with Crippen LogP contribution in [0.1, 0.15) is 12.8 Å². The number of hydrogen-bond donors (Lipinski definition) is 1. The molecule has 0 aromatic carbocycles. The minimum atomic E-state index is -4.32. The Morgan fingerprint density at radius 2 is 1.75 bits per heavy atom. The fourth-order valence-electron chi connectivity index (χ4n) is 2.59. The van der Waals surface area contributed by atoms with E-state index in [9.17, 15) is 18.3 Å². The molecule has 0 saturated carbocycles. The summed E-state index contributed by atoms with van der Waals surface area (Å²) in [6, 6.07) is -0.330. The Labute approximate surface area is 92.2 Å². The lowest BCUT2D eigenvalue weighted by molar-refractivity contribution is -0.202. The zero-order chi connectivity index (χ0) is 11.9. The highest BCUT2D eigenvalue weighted by Gasteiger charge is 2.49. The largest absolute Gasteiger partial charge is 0.394 e. The van der Waals surface area contributed by atoms with Crippen molar-refractivity contribution in [2.75, 3.05) is 20.3 Å². The van der Waals surface area contributed by atoms with Gasteiger partial charge in [-0.3, -0.25) is 4.90 Å². The Hall–Kier alpha value is -0.330. The molecule has 0 aliphatic carbocycles. The predicted octanol–water partition coefficient (Wildman–Crippen LogP) is 1.02. The maximum atomic E-state index is 12.7. The van der Waals surface area contributed by atoms with Gasteiger partial charge in [-0.05, 0) is 19.9 Å². The number of nitrogens with zero attached hydrogens (tertiary/aromatic N) is 1. The lowest BCUT2D eigenvalue weighted by atomic mass is 9.93. The molecule has 16 heavy (non-hydrogen) atoms. The van der Waals surface area contributed by atoms with E-state index in [-0.39, 0.29) is 24.9 Å². The summed E-state index contributed by atoms with van der Waals surface area (Å²) in [5.41, 5.74) is 0. The molecule has 0 radical (unpaired) electrons. The molecule has 94 valence electrons. The Morgan fingerprint density at radius 1 is 1.19 bits per heavy atom. The van der Waals surface area contributed by atoms with Crippen LogP contribution in [0.2, 0.25) is 0 Å². The molecule has 0 aromatic heterocycles. The van der Waals surface area contributed by atoms with E-state index in [4.69, 9.17) is 4.74 Å². The van der Waals surface area contributed by atoms with Gasteiger partial charge in [-0.15, -0.1) is 0 Å². The first kappa shape index (κ1) is 12.1. The van der Waals surface area contributed by atoms with Gasteiger partial charge in [0.1, 0.15) is 0 Å². The third-order valence-electron chi connectivity index (χ3n) is 3.70. The van der Waals surface area contributed by atoms with Gasteiger partial charge in [-0.2, -0.15) is 13.2 Å². The van der Waals surface area contributed by atoms with Crippen LogP contribution in [0, 0.1) is 5.92 Å². The average Bonchev–Trinajstić information content (AvgIpc) is 2.25. The second kappa shape index (κ2) is 4.16. The van der Waals surface area contributed by atoms with E-state index < -0.39 is 18.2 Å². The predicted molar refractivity (Wildman–Crippen MR) is 50.9 cm³/mol. The molecule has 1 N–H and O–H groups in total. The molecule has 2 fully saturated rings. The zero-order valence-corrected chi connectivity index (χ0v) is 9.07. The number of fused-ring (bicyclic) bond motifs is 2. The smallest absolute Gasteiger partial charge is 0.392 e. The quantitative estimate of drug-likeness (QED) is 0.685. The monoisotopic (exact) mass is 239 g/mol. The van der Waals surface area contributed by atoms with E-state index in [2.05, 4.69) is 0 Å². The fraction of sp³-hybridized carbons (Fsp3) is 1.00. The van der Waals surface area contributed by atoms with Crippen LogP contribution in [0.25, 0.3) is 0 Å². The average molecular weight is 239 g/mol. The van der Waals surface area contributed by atoms with Crippen LogP contribution in [0.4, 0.5) is 13.2 Å². The van der Waals surface area contributed by atoms with Crippen molar-refractivity contribution in [3.63, 3.8) is 0 Å². The summed E-state index contributed by atoms with van der Waals surface area (Å²) in [4.78, 5) is 1.92. The molecule has 4 unspecified atom stereocenters. The van der Waals surface area contributed by atoms with Gasteiger partial charge in [0.25, 0.3) is 0 Å². The Morgan fingerprint density at radius 3 is 2.31 bits per heavy atom. The molecule has 2 aliphatic rings. The van der Waals surface area contributed by atoms with Gasteiger partial charge in [-0.25, -0.2) is 0 Å². The number of rotatable bonds is 0. The maximum absolute atomic E-state index is 12.7. The molecule has 2 saturated heterocycles. The molecule has 2 heterocycles. The minimum Gasteiger partial charge on any atom is -0.392 e. The first-order valence-electron chi connectivity index (χ1n) is 5.44. The molecule has 2 rings (SSSR count). The molecule has 3 nitrogen and oxygen atoms in total. The molecule has 6 heteroatoms. The van der Waals surface area contributed by atoms with Crippen molar-refractivity contribution in [3.8, 4) is 0 Å². The normalized spacial score (nSPS) is 41.8. The van der Waals surface area contributed by atoms with Crippen molar-refractivity contribution in [2.45, 2.75) is 37.2 Å². The first-order valence-corrected chi connectivity index (χ1v) is 5.44. The van der Waals surface area contributed by atoms with Crippen molar-refractivity contribution in [3.05, 3.63) is 0 Å². The van der Waals surface area contributed by atoms with E-state index in [0.717, 1.165) is 0 Å². The molecular weight excluding hydrogens is 223 g/mol. The van der Waals surface area contributed by atoms with Gasteiger partial charge < -0.3 is 9.84 Å². The van der Waals surface area contributed by atoms with Crippen LogP contribution in [0.15, 0.2) is 0 Å². The fourth-order valence-corrected chi connectivity index (χ4v) is 2.59. The van der Waals surface area contributed by atoms with Gasteiger partial charge in [-0.1, -0.05) is 0 Å². The van der Waals surface area contributed by atoms with E-state index in [1.807, 2.05) is 11.9 Å². The van der Waals surface area contributed by atoms with E-state index in [0.29, 0.717) is 13.2 Å². The summed E-state index contributed by atoms with van der Waals surface area (Å²) in [5, 5.41) is 9.65. The third kappa shape index (κ3) is 2.19. The standard InChI is InChI=1S/C10H16F3NO2/c1-14-6-2-8(10(11,12)13)9(15)3-7(14)5-16-4-6/h6-9,15H,2-5H2,1H3. The summed E-state index contributed by atoms with van der Waals surface area (Å²) < 4.78 is 43.5. The molecular formula is C10H16F3NO2. The number of aliphatic hydroxyl groups is 1. The van der Waals surface area contributed by atoms with Gasteiger partial charge in [0, 0.05) is 12.1 Å². The molecule has 2 bridgehead atoms. The summed E-state index contributed by atoms with van der Waals surface area (Å²) >= 11 is 0. The zero-order valence-electron chi connectivity index (χ0n) is 9.07. The maximum Gasteiger partial charge on any atom is 0.394 e. The molecule has 0 aromatic rings. The van der Waals surface area contributed by atoms with Crippen molar-refractivity contribution < 1.29 is 23.0 Å². The summed E-state index contributed by atoms with van der Waals surface area (Å²) in [6.45, 7) is 0.737. The van der Waals surface area contributed by atoms with Crippen molar-refractivity contribution in [1.82, 2.24) is 4.90 Å². The van der Waals surface area contributed by atoms with Gasteiger partial charge in [0.05, 0.1) is 25.2 Å². The highest BCUT2D eigenvalue weighted by atomic mass is 19.4. The number of hydrogen-bond acceptors (Lipinski definition) is 3. The second-order valence-corrected chi connectivity index (χ2v) is 4.70. The third-order valence-corrected chi connectivity index (χ3v) is 3.70. The van der Waals surface area contributed by atoms with Crippen molar-refractivity contribution >= 4 is 0 Å². The van der Waals surface area contributed by atoms with Crippen molar-refractivity contribution in [1.29, 1.82) is 0 Å². The summed E-state index contributed by atoms with van der Waals surface area (Å²) in [6.07, 6.45) is -5.56. The SMILES string of the molecule is CN1C2COCC1CC(C(F)(F)F)C(O)C2. The minimum absolute atomic E-state index is 0.0718. The molecule has 2 aliphatic heterocycles. The number of aliphatic hydroxyl groups excluding tert-OH is 1. The topological polar surface area (TPSA) is 32.7 Å². The number of morpholine rings is 1. The van der Waals surface area contributed by atoms with Crippen LogP contribution in [-0.2, 0) is 4.74 Å². The second-order valence-electron chi connectivity index (χ2n) is 4.70. The summed E-state index contributed by atoms with van der Waals surface area (Å²) in [7, 11) is 1.81. The van der Waals surface area contributed by atoms with Gasteiger partial charge in [0.2, 0.25) is 0 Å². The van der Waals surface area contributed by atoms with Crippen molar-refractivity contribution in [2.24, 2.45) is 5.92 Å². The van der Waals surface area contributed by atoms with Crippen LogP contribution in [-0.4, -0.2) is 54.6 Å². The highest BCUT2D eigenvalue weighted by Crippen LogP contribution is 2.38. The van der Waals surface area contributed by atoms with Crippen LogP contribution < -0.4 is 0 Å². The van der Waals surface area contributed by atoms with E-state index in [1.165, 1.54) is 0 Å². The molecule has 0 amide bonds. The van der Waals surface area contributed by atoms with Gasteiger partial charge in [0.15, 0.2) is 0 Å². The van der Waals surface area contributed by atoms with Crippen LogP contribution in [0.3, 0.4) is 0 Å². The number of halogens is 3. The van der Waals surface area contributed by atoms with Gasteiger partial charge >= 0.3 is 6.18 Å². The number of likely N-dealkylation sites (N-methyl/N-ethyl adjacent to an activating group) is 1. The van der Waals surface area contributed by atoms with Crippen LogP contribution >= 0.6 is 0 Å². The Balaban J connectivity index is 2.19. The van der Waals surface area contributed by atoms with E-state index >= 15 is 0 Å². The molecule has 4 atom stereocenters. The number of alkyl halides is 3. The lowest BCUT2D eigenvalue weighted by Crippen LogP contribution is -2.49. The first-order chi connectivity index (χ1) is 7.39. The lowest BCUT2D eigenvalue weighted by Gasteiger charge is -2.37. The van der Waals surface area contributed by atoms with E-state index in [1.54, 1.807) is 0 Å². The summed E-state index contributed by atoms with van der Waals surface area (Å²) in [5.74, 6) is -1.62. The Bertz CT molecular complexity index is 259. The number of ether oxygens (including phenoxy) is 1.